The lowest BCUT2D eigenvalue weighted by atomic mass is 9.89. The van der Waals surface area contributed by atoms with Gasteiger partial charge < -0.3 is 19.7 Å². The molecule has 0 spiro atoms. The first-order valence-electron chi connectivity index (χ1n) is 9.87. The van der Waals surface area contributed by atoms with Gasteiger partial charge in [-0.25, -0.2) is 4.39 Å². The van der Waals surface area contributed by atoms with Crippen LogP contribution in [0.5, 0.6) is 11.5 Å². The topological polar surface area (TPSA) is 67.9 Å². The number of alkyl halides is 2. The third-order valence-electron chi connectivity index (χ3n) is 5.42. The molecule has 1 N–H and O–H groups in total. The van der Waals surface area contributed by atoms with E-state index in [4.69, 9.17) is 4.74 Å². The third kappa shape index (κ3) is 4.60. The van der Waals surface area contributed by atoms with E-state index in [1.165, 1.54) is 31.4 Å². The SMILES string of the molecule is COc1cc(CN(C(=O)[C@@H]2CC(=O)Nc3cc(F)ccc32)C2CC2)ccc1OC(F)F. The summed E-state index contributed by atoms with van der Waals surface area (Å²) < 4.78 is 48.3. The number of methoxy groups -OCH3 is 1. The first kappa shape index (κ1) is 21.0. The molecule has 4 rings (SSSR count). The Morgan fingerprint density at radius 3 is 2.65 bits per heavy atom. The highest BCUT2D eigenvalue weighted by molar-refractivity contribution is 6.01. The van der Waals surface area contributed by atoms with Crippen LogP contribution in [0.2, 0.25) is 0 Å². The van der Waals surface area contributed by atoms with E-state index in [2.05, 4.69) is 10.1 Å². The highest BCUT2D eigenvalue weighted by Crippen LogP contribution is 2.38. The molecule has 2 aromatic rings. The van der Waals surface area contributed by atoms with E-state index < -0.39 is 18.3 Å². The van der Waals surface area contributed by atoms with Crippen molar-refractivity contribution in [1.29, 1.82) is 0 Å². The first-order valence-corrected chi connectivity index (χ1v) is 9.87. The van der Waals surface area contributed by atoms with Crippen molar-refractivity contribution in [2.24, 2.45) is 0 Å². The molecule has 2 aromatic carbocycles. The molecule has 1 aliphatic carbocycles. The molecule has 2 amide bonds. The number of anilines is 1. The number of carbonyl (C=O) groups is 2. The van der Waals surface area contributed by atoms with Gasteiger partial charge in [0, 0.05) is 24.7 Å². The number of ether oxygens (including phenoxy) is 2. The molecule has 1 aliphatic heterocycles. The van der Waals surface area contributed by atoms with Crippen LogP contribution in [0, 0.1) is 5.82 Å². The molecule has 31 heavy (non-hydrogen) atoms. The van der Waals surface area contributed by atoms with Crippen molar-refractivity contribution in [2.75, 3.05) is 12.4 Å². The van der Waals surface area contributed by atoms with Crippen LogP contribution < -0.4 is 14.8 Å². The van der Waals surface area contributed by atoms with Crippen molar-refractivity contribution < 1.29 is 32.2 Å². The molecule has 6 nitrogen and oxygen atoms in total. The highest BCUT2D eigenvalue weighted by Gasteiger charge is 2.39. The van der Waals surface area contributed by atoms with E-state index in [1.54, 1.807) is 17.0 Å². The molecule has 0 bridgehead atoms. The van der Waals surface area contributed by atoms with Gasteiger partial charge in [0.05, 0.1) is 13.0 Å². The quantitative estimate of drug-likeness (QED) is 0.714. The molecule has 2 aliphatic rings. The van der Waals surface area contributed by atoms with Crippen LogP contribution in [0.3, 0.4) is 0 Å². The predicted octanol–water partition coefficient (Wildman–Crippen LogP) is 4.05. The van der Waals surface area contributed by atoms with Crippen LogP contribution in [-0.4, -0.2) is 36.5 Å². The number of carbonyl (C=O) groups excluding carboxylic acids is 2. The molecule has 1 atom stereocenters. The highest BCUT2D eigenvalue weighted by atomic mass is 19.3. The van der Waals surface area contributed by atoms with Crippen LogP contribution in [0.1, 0.15) is 36.3 Å². The molecule has 1 heterocycles. The molecular formula is C22H21F3N2O4. The number of benzene rings is 2. The fraction of sp³-hybridized carbons (Fsp3) is 0.364. The van der Waals surface area contributed by atoms with Crippen molar-refractivity contribution in [2.45, 2.75) is 44.4 Å². The third-order valence-corrected chi connectivity index (χ3v) is 5.42. The number of amides is 2. The van der Waals surface area contributed by atoms with Gasteiger partial charge in [0.25, 0.3) is 0 Å². The average molecular weight is 434 g/mol. The minimum absolute atomic E-state index is 0.0226. The Balaban J connectivity index is 1.59. The summed E-state index contributed by atoms with van der Waals surface area (Å²) in [6.45, 7) is -2.75. The number of hydrogen-bond acceptors (Lipinski definition) is 4. The van der Waals surface area contributed by atoms with Gasteiger partial charge >= 0.3 is 6.61 Å². The Bertz CT molecular complexity index is 1010. The van der Waals surface area contributed by atoms with E-state index in [1.807, 2.05) is 0 Å². The summed E-state index contributed by atoms with van der Waals surface area (Å²) in [5.41, 5.74) is 1.56. The van der Waals surface area contributed by atoms with Gasteiger partial charge in [-0.2, -0.15) is 8.78 Å². The van der Waals surface area contributed by atoms with Crippen LogP contribution in [0.4, 0.5) is 18.9 Å². The van der Waals surface area contributed by atoms with Crippen molar-refractivity contribution in [3.8, 4) is 11.5 Å². The second-order valence-corrected chi connectivity index (χ2v) is 7.60. The predicted molar refractivity (Wildman–Crippen MR) is 106 cm³/mol. The van der Waals surface area contributed by atoms with Crippen LogP contribution >= 0.6 is 0 Å². The Kier molecular flexibility index (Phi) is 5.75. The molecule has 9 heteroatoms. The van der Waals surface area contributed by atoms with E-state index in [0.29, 0.717) is 16.8 Å². The Hall–Kier alpha value is -3.23. The van der Waals surface area contributed by atoms with Gasteiger partial charge in [-0.1, -0.05) is 12.1 Å². The molecule has 1 fully saturated rings. The average Bonchev–Trinajstić information content (AvgIpc) is 3.56. The molecule has 1 saturated carbocycles. The number of halogens is 3. The Labute approximate surface area is 176 Å². The normalized spacial score (nSPS) is 17.7. The maximum absolute atomic E-state index is 13.6. The van der Waals surface area contributed by atoms with Gasteiger partial charge in [0.15, 0.2) is 11.5 Å². The van der Waals surface area contributed by atoms with Crippen molar-refractivity contribution in [1.82, 2.24) is 4.90 Å². The molecular weight excluding hydrogens is 413 g/mol. The summed E-state index contributed by atoms with van der Waals surface area (Å²) in [5.74, 6) is -1.73. The van der Waals surface area contributed by atoms with E-state index >= 15 is 0 Å². The minimum atomic E-state index is -2.98. The summed E-state index contributed by atoms with van der Waals surface area (Å²) in [4.78, 5) is 27.3. The fourth-order valence-electron chi connectivity index (χ4n) is 3.83. The molecule has 0 unspecified atom stereocenters. The van der Waals surface area contributed by atoms with Crippen molar-refractivity contribution in [3.05, 3.63) is 53.3 Å². The first-order chi connectivity index (χ1) is 14.9. The van der Waals surface area contributed by atoms with Gasteiger partial charge in [0.1, 0.15) is 5.82 Å². The second-order valence-electron chi connectivity index (χ2n) is 7.60. The summed E-state index contributed by atoms with van der Waals surface area (Å²) in [7, 11) is 1.35. The van der Waals surface area contributed by atoms with E-state index in [9.17, 15) is 22.8 Å². The standard InChI is InChI=1S/C22H21F3N2O4/c1-30-19-8-12(2-7-18(19)31-22(24)25)11-27(14-4-5-14)21(29)16-10-20(28)26-17-9-13(23)3-6-15(16)17/h2-3,6-9,14,16,22H,4-5,10-11H2,1H3,(H,26,28)/t16-/m1/s1. The lowest BCUT2D eigenvalue weighted by Crippen LogP contribution is -2.39. The molecule has 0 aromatic heterocycles. The molecule has 0 saturated heterocycles. The second kappa shape index (κ2) is 8.49. The van der Waals surface area contributed by atoms with Crippen LogP contribution in [-0.2, 0) is 16.1 Å². The van der Waals surface area contributed by atoms with Crippen LogP contribution in [0.25, 0.3) is 0 Å². The molecule has 164 valence electrons. The molecule has 0 radical (unpaired) electrons. The van der Waals surface area contributed by atoms with Gasteiger partial charge in [-0.15, -0.1) is 0 Å². The number of rotatable bonds is 7. The van der Waals surface area contributed by atoms with E-state index in [0.717, 1.165) is 12.8 Å². The monoisotopic (exact) mass is 434 g/mol. The number of nitrogens with zero attached hydrogens (tertiary/aromatic N) is 1. The zero-order chi connectivity index (χ0) is 22.1. The van der Waals surface area contributed by atoms with Gasteiger partial charge in [-0.05, 0) is 48.2 Å². The summed E-state index contributed by atoms with van der Waals surface area (Å²) in [5, 5.41) is 2.61. The summed E-state index contributed by atoms with van der Waals surface area (Å²) in [6.07, 6.45) is 1.65. The fourth-order valence-corrected chi connectivity index (χ4v) is 3.83. The van der Waals surface area contributed by atoms with Crippen molar-refractivity contribution in [3.63, 3.8) is 0 Å². The lowest BCUT2D eigenvalue weighted by molar-refractivity contribution is -0.136. The smallest absolute Gasteiger partial charge is 0.387 e. The minimum Gasteiger partial charge on any atom is -0.493 e. The van der Waals surface area contributed by atoms with Gasteiger partial charge in [0.2, 0.25) is 11.8 Å². The largest absolute Gasteiger partial charge is 0.493 e. The van der Waals surface area contributed by atoms with Crippen LogP contribution in [0.15, 0.2) is 36.4 Å². The zero-order valence-electron chi connectivity index (χ0n) is 16.7. The van der Waals surface area contributed by atoms with Crippen molar-refractivity contribution >= 4 is 17.5 Å². The number of fused-ring (bicyclic) bond motifs is 1. The van der Waals surface area contributed by atoms with Gasteiger partial charge in [-0.3, -0.25) is 9.59 Å². The zero-order valence-corrected chi connectivity index (χ0v) is 16.7. The Morgan fingerprint density at radius 1 is 1.19 bits per heavy atom. The Morgan fingerprint density at radius 2 is 1.97 bits per heavy atom. The summed E-state index contributed by atoms with van der Waals surface area (Å²) in [6, 6.07) is 8.56. The summed E-state index contributed by atoms with van der Waals surface area (Å²) >= 11 is 0. The number of hydrogen-bond donors (Lipinski definition) is 1. The van der Waals surface area contributed by atoms with E-state index in [-0.39, 0.29) is 42.3 Å². The maximum atomic E-state index is 13.6. The number of nitrogens with one attached hydrogen (secondary N) is 1. The lowest BCUT2D eigenvalue weighted by Gasteiger charge is -2.31. The maximum Gasteiger partial charge on any atom is 0.387 e.